The number of halogens is 1. The van der Waals surface area contributed by atoms with Gasteiger partial charge in [-0.25, -0.2) is 0 Å². The Hall–Kier alpha value is -1.98. The smallest absolute Gasteiger partial charge is 0.234 e. The molecule has 0 radical (unpaired) electrons. The predicted octanol–water partition coefficient (Wildman–Crippen LogP) is 4.34. The first-order valence-corrected chi connectivity index (χ1v) is 8.37. The minimum Gasteiger partial charge on any atom is -0.326 e. The van der Waals surface area contributed by atoms with Gasteiger partial charge in [-0.2, -0.15) is 0 Å². The number of hydrogen-bond donors (Lipinski definition) is 2. The summed E-state index contributed by atoms with van der Waals surface area (Å²) in [5.74, 6) is 0.0433. The topological polar surface area (TPSA) is 58.2 Å². The zero-order chi connectivity index (χ0) is 16.8. The summed E-state index contributed by atoms with van der Waals surface area (Å²) in [6.07, 6.45) is 0. The van der Waals surface area contributed by atoms with Crippen molar-refractivity contribution in [3.63, 3.8) is 0 Å². The maximum Gasteiger partial charge on any atom is 0.234 e. The average Bonchev–Trinajstić information content (AvgIpc) is 2.49. The van der Waals surface area contributed by atoms with E-state index in [1.165, 1.54) is 18.7 Å². The summed E-state index contributed by atoms with van der Waals surface area (Å²) in [4.78, 5) is 24.0. The Balaban J connectivity index is 1.94. The Morgan fingerprint density at radius 1 is 1.13 bits per heavy atom. The molecule has 0 aliphatic rings. The summed E-state index contributed by atoms with van der Waals surface area (Å²) >= 11 is 7.34. The highest BCUT2D eigenvalue weighted by molar-refractivity contribution is 8.00. The van der Waals surface area contributed by atoms with Gasteiger partial charge < -0.3 is 10.6 Å². The number of hydrogen-bond acceptors (Lipinski definition) is 3. The zero-order valence-corrected chi connectivity index (χ0v) is 14.4. The third-order valence-corrected chi connectivity index (χ3v) is 4.23. The Bertz CT molecular complexity index is 734. The molecule has 2 rings (SSSR count). The van der Waals surface area contributed by atoms with Crippen LogP contribution in [0.1, 0.15) is 12.5 Å². The fourth-order valence-electron chi connectivity index (χ4n) is 1.93. The van der Waals surface area contributed by atoms with Crippen LogP contribution in [0.25, 0.3) is 0 Å². The van der Waals surface area contributed by atoms with Crippen molar-refractivity contribution in [2.45, 2.75) is 18.7 Å². The van der Waals surface area contributed by atoms with Gasteiger partial charge in [-0.15, -0.1) is 11.8 Å². The van der Waals surface area contributed by atoms with Crippen molar-refractivity contribution in [3.8, 4) is 0 Å². The summed E-state index contributed by atoms with van der Waals surface area (Å²) in [6.45, 7) is 3.37. The molecule has 4 nitrogen and oxygen atoms in total. The first kappa shape index (κ1) is 17.4. The number of anilines is 2. The molecule has 0 saturated carbocycles. The largest absolute Gasteiger partial charge is 0.326 e. The zero-order valence-electron chi connectivity index (χ0n) is 12.9. The van der Waals surface area contributed by atoms with Gasteiger partial charge in [0.15, 0.2) is 0 Å². The number of thioether (sulfide) groups is 1. The number of rotatable bonds is 5. The summed E-state index contributed by atoms with van der Waals surface area (Å²) in [5, 5.41) is 6.16. The number of carbonyl (C=O) groups excluding carboxylic acids is 2. The van der Waals surface area contributed by atoms with Crippen LogP contribution in [0.15, 0.2) is 47.4 Å². The van der Waals surface area contributed by atoms with E-state index in [0.29, 0.717) is 10.7 Å². The van der Waals surface area contributed by atoms with Crippen molar-refractivity contribution in [2.24, 2.45) is 0 Å². The van der Waals surface area contributed by atoms with Crippen LogP contribution in [0.5, 0.6) is 0 Å². The summed E-state index contributed by atoms with van der Waals surface area (Å²) in [6, 6.07) is 12.8. The molecule has 23 heavy (non-hydrogen) atoms. The van der Waals surface area contributed by atoms with E-state index in [1.54, 1.807) is 18.2 Å². The van der Waals surface area contributed by atoms with Crippen LogP contribution in [-0.2, 0) is 9.59 Å². The van der Waals surface area contributed by atoms with E-state index in [0.717, 1.165) is 16.1 Å². The molecule has 2 aromatic carbocycles. The second-order valence-corrected chi connectivity index (χ2v) is 6.49. The third-order valence-electron chi connectivity index (χ3n) is 3.00. The summed E-state index contributed by atoms with van der Waals surface area (Å²) < 4.78 is 0. The molecule has 0 aliphatic heterocycles. The Labute approximate surface area is 144 Å². The molecule has 2 amide bonds. The number of carbonyl (C=O) groups is 2. The van der Waals surface area contributed by atoms with E-state index in [2.05, 4.69) is 10.6 Å². The number of aryl methyl sites for hydroxylation is 1. The first-order valence-electron chi connectivity index (χ1n) is 7.00. The van der Waals surface area contributed by atoms with Crippen LogP contribution in [-0.4, -0.2) is 17.6 Å². The lowest BCUT2D eigenvalue weighted by Gasteiger charge is -2.09. The van der Waals surface area contributed by atoms with Crippen molar-refractivity contribution in [3.05, 3.63) is 53.1 Å². The Kier molecular flexibility index (Phi) is 6.07. The van der Waals surface area contributed by atoms with E-state index >= 15 is 0 Å². The van der Waals surface area contributed by atoms with Gasteiger partial charge in [0.2, 0.25) is 11.8 Å². The fourth-order valence-corrected chi connectivity index (χ4v) is 2.86. The van der Waals surface area contributed by atoms with Gasteiger partial charge in [0.05, 0.1) is 5.75 Å². The van der Waals surface area contributed by atoms with Gasteiger partial charge >= 0.3 is 0 Å². The van der Waals surface area contributed by atoms with Gasteiger partial charge in [-0.3, -0.25) is 9.59 Å². The summed E-state index contributed by atoms with van der Waals surface area (Å²) in [5.41, 5.74) is 2.39. The molecule has 6 heteroatoms. The van der Waals surface area contributed by atoms with E-state index < -0.39 is 0 Å². The molecular weight excluding hydrogens is 332 g/mol. The van der Waals surface area contributed by atoms with Crippen LogP contribution in [0.4, 0.5) is 11.4 Å². The number of amides is 2. The maximum absolute atomic E-state index is 12.1. The van der Waals surface area contributed by atoms with Crippen LogP contribution in [0.2, 0.25) is 5.02 Å². The van der Waals surface area contributed by atoms with Crippen LogP contribution in [0, 0.1) is 6.92 Å². The van der Waals surface area contributed by atoms with Crippen LogP contribution >= 0.6 is 23.4 Å². The van der Waals surface area contributed by atoms with Crippen molar-refractivity contribution >= 4 is 46.6 Å². The monoisotopic (exact) mass is 348 g/mol. The molecule has 0 unspecified atom stereocenters. The second-order valence-electron chi connectivity index (χ2n) is 5.01. The van der Waals surface area contributed by atoms with E-state index in [1.807, 2.05) is 31.2 Å². The molecule has 0 aromatic heterocycles. The quantitative estimate of drug-likeness (QED) is 0.790. The highest BCUT2D eigenvalue weighted by atomic mass is 35.5. The van der Waals surface area contributed by atoms with Gasteiger partial charge in [-0.1, -0.05) is 23.7 Å². The second kappa shape index (κ2) is 8.04. The van der Waals surface area contributed by atoms with Gasteiger partial charge in [-0.05, 0) is 42.8 Å². The molecule has 120 valence electrons. The minimum atomic E-state index is -0.124. The molecule has 0 aliphatic carbocycles. The highest BCUT2D eigenvalue weighted by Crippen LogP contribution is 2.23. The van der Waals surface area contributed by atoms with Gasteiger partial charge in [0.25, 0.3) is 0 Å². The normalized spacial score (nSPS) is 10.2. The lowest BCUT2D eigenvalue weighted by molar-refractivity contribution is -0.114. The Morgan fingerprint density at radius 2 is 1.91 bits per heavy atom. The molecular formula is C17H17ClN2O2S. The molecule has 0 heterocycles. The number of benzene rings is 2. The predicted molar refractivity (Wildman–Crippen MR) is 96.3 cm³/mol. The molecule has 0 fully saturated rings. The van der Waals surface area contributed by atoms with Crippen LogP contribution < -0.4 is 10.6 Å². The van der Waals surface area contributed by atoms with Crippen molar-refractivity contribution in [2.75, 3.05) is 16.4 Å². The molecule has 2 N–H and O–H groups in total. The number of nitrogens with one attached hydrogen (secondary N) is 2. The average molecular weight is 349 g/mol. The highest BCUT2D eigenvalue weighted by Gasteiger charge is 2.07. The van der Waals surface area contributed by atoms with E-state index in [-0.39, 0.29) is 17.6 Å². The standard InChI is InChI=1S/C17H17ClN2O2S/c1-11-6-7-13(18)8-16(11)20-17(22)10-23-15-5-3-4-14(9-15)19-12(2)21/h3-9H,10H2,1-2H3,(H,19,21)(H,20,22). The lowest BCUT2D eigenvalue weighted by atomic mass is 10.2. The summed E-state index contributed by atoms with van der Waals surface area (Å²) in [7, 11) is 0. The first-order chi connectivity index (χ1) is 10.9. The maximum atomic E-state index is 12.1. The Morgan fingerprint density at radius 3 is 2.65 bits per heavy atom. The van der Waals surface area contributed by atoms with E-state index in [4.69, 9.17) is 11.6 Å². The fraction of sp³-hybridized carbons (Fsp3) is 0.176. The molecule has 0 saturated heterocycles. The molecule has 0 atom stereocenters. The van der Waals surface area contributed by atoms with Gasteiger partial charge in [0.1, 0.15) is 0 Å². The van der Waals surface area contributed by atoms with Crippen LogP contribution in [0.3, 0.4) is 0 Å². The molecule has 0 bridgehead atoms. The van der Waals surface area contributed by atoms with E-state index in [9.17, 15) is 9.59 Å². The molecule has 2 aromatic rings. The van der Waals surface area contributed by atoms with Gasteiger partial charge in [0, 0.05) is 28.2 Å². The van der Waals surface area contributed by atoms with Crippen molar-refractivity contribution in [1.82, 2.24) is 0 Å². The minimum absolute atomic E-state index is 0.106. The third kappa shape index (κ3) is 5.62. The lowest BCUT2D eigenvalue weighted by Crippen LogP contribution is -2.14. The molecule has 0 spiro atoms. The van der Waals surface area contributed by atoms with Crippen molar-refractivity contribution in [1.29, 1.82) is 0 Å². The SMILES string of the molecule is CC(=O)Nc1cccc(SCC(=O)Nc2cc(Cl)ccc2C)c1. The van der Waals surface area contributed by atoms with Crippen molar-refractivity contribution < 1.29 is 9.59 Å².